The lowest BCUT2D eigenvalue weighted by Crippen LogP contribution is -2.72. The largest absolute Gasteiger partial charge is 0.394 e. The van der Waals surface area contributed by atoms with Gasteiger partial charge in [-0.1, -0.05) is 0 Å². The Hall–Kier alpha value is -1.81. The first-order chi connectivity index (χ1) is 13.7. The van der Waals surface area contributed by atoms with E-state index in [0.29, 0.717) is 6.29 Å². The number of carbonyl (C=O) groups excluding carboxylic acids is 3. The van der Waals surface area contributed by atoms with E-state index in [4.69, 9.17) is 10.8 Å². The van der Waals surface area contributed by atoms with Crippen LogP contribution in [0.2, 0.25) is 0 Å². The molecule has 1 aliphatic heterocycles. The van der Waals surface area contributed by atoms with Gasteiger partial charge in [0.1, 0.15) is 36.7 Å². The summed E-state index contributed by atoms with van der Waals surface area (Å²) in [5.41, 5.74) is 5.43. The van der Waals surface area contributed by atoms with Gasteiger partial charge in [-0.05, 0) is 13.8 Å². The first kappa shape index (κ1) is 26.2. The van der Waals surface area contributed by atoms with Crippen molar-refractivity contribution in [3.8, 4) is 0 Å². The van der Waals surface area contributed by atoms with E-state index in [9.17, 15) is 43.6 Å². The van der Waals surface area contributed by atoms with E-state index in [1.165, 1.54) is 13.8 Å². The van der Waals surface area contributed by atoms with E-state index in [0.717, 1.165) is 0 Å². The predicted octanol–water partition coefficient (Wildman–Crippen LogP) is -4.29. The van der Waals surface area contributed by atoms with Gasteiger partial charge >= 0.3 is 5.92 Å². The van der Waals surface area contributed by atoms with Gasteiger partial charge in [0.2, 0.25) is 11.8 Å². The number of nitrogens with two attached hydrogens (primary N) is 1. The Morgan fingerprint density at radius 1 is 1.20 bits per heavy atom. The van der Waals surface area contributed by atoms with Crippen LogP contribution in [0.25, 0.3) is 0 Å². The lowest BCUT2D eigenvalue weighted by Gasteiger charge is -2.48. The van der Waals surface area contributed by atoms with Crippen LogP contribution in [-0.4, -0.2) is 104 Å². The molecule has 1 fully saturated rings. The number of aliphatic hydroxyl groups is 5. The Bertz CT molecular complexity index is 639. The molecule has 2 amide bonds. The van der Waals surface area contributed by atoms with Crippen LogP contribution in [0.5, 0.6) is 0 Å². The number of aliphatic hydroxyl groups excluding tert-OH is 4. The second-order valence-corrected chi connectivity index (χ2v) is 7.14. The van der Waals surface area contributed by atoms with Gasteiger partial charge < -0.3 is 51.4 Å². The summed E-state index contributed by atoms with van der Waals surface area (Å²) in [6.07, 6.45) is -9.97. The van der Waals surface area contributed by atoms with E-state index < -0.39 is 79.1 Å². The lowest BCUT2D eigenvalue weighted by atomic mass is 9.86. The number of ether oxygens (including phenoxy) is 1. The van der Waals surface area contributed by atoms with Crippen LogP contribution < -0.4 is 16.4 Å². The fourth-order valence-corrected chi connectivity index (χ4v) is 2.74. The summed E-state index contributed by atoms with van der Waals surface area (Å²) in [6.45, 7) is 1.51. The van der Waals surface area contributed by atoms with Gasteiger partial charge in [0.25, 0.3) is 5.79 Å². The topological polar surface area (TPSA) is 212 Å². The first-order valence-corrected chi connectivity index (χ1v) is 8.96. The fraction of sp³-hybridized carbons (Fsp3) is 0.812. The number of hydrogen-bond acceptors (Lipinski definition) is 10. The van der Waals surface area contributed by atoms with Gasteiger partial charge in [0.05, 0.1) is 18.7 Å². The number of halogens is 2. The fourth-order valence-electron chi connectivity index (χ4n) is 2.74. The van der Waals surface area contributed by atoms with Crippen molar-refractivity contribution in [2.24, 2.45) is 5.73 Å². The summed E-state index contributed by atoms with van der Waals surface area (Å²) >= 11 is 0. The third-order valence-corrected chi connectivity index (χ3v) is 4.63. The molecular formula is C16H27F2N3O9. The number of nitrogens with one attached hydrogen (secondary N) is 2. The third-order valence-electron chi connectivity index (χ3n) is 4.63. The molecule has 174 valence electrons. The SMILES string of the molecule is C[C@H](NC(=O)C(N)CC(F)(F)[C@]1(O)O[C@H](CO)[C@H](O)[C@H](O)[C@H]1O)C(=O)N[C@@H](C)C=O. The van der Waals surface area contributed by atoms with Crippen molar-refractivity contribution < 1.29 is 53.4 Å². The number of alkyl halides is 2. The summed E-state index contributed by atoms with van der Waals surface area (Å²) < 4.78 is 33.9. The Morgan fingerprint density at radius 3 is 2.27 bits per heavy atom. The van der Waals surface area contributed by atoms with Crippen molar-refractivity contribution in [2.45, 2.75) is 74.5 Å². The van der Waals surface area contributed by atoms with Crippen molar-refractivity contribution in [1.82, 2.24) is 10.6 Å². The van der Waals surface area contributed by atoms with Crippen LogP contribution >= 0.6 is 0 Å². The molecule has 30 heavy (non-hydrogen) atoms. The van der Waals surface area contributed by atoms with Gasteiger partial charge in [-0.3, -0.25) is 9.59 Å². The number of aldehydes is 1. The quantitative estimate of drug-likeness (QED) is 0.161. The Morgan fingerprint density at radius 2 is 1.77 bits per heavy atom. The van der Waals surface area contributed by atoms with Crippen LogP contribution in [0.3, 0.4) is 0 Å². The zero-order valence-electron chi connectivity index (χ0n) is 16.2. The highest BCUT2D eigenvalue weighted by Gasteiger charge is 2.66. The molecule has 0 spiro atoms. The molecule has 8 atom stereocenters. The summed E-state index contributed by atoms with van der Waals surface area (Å²) in [6, 6.07) is -4.10. The molecule has 9 N–H and O–H groups in total. The van der Waals surface area contributed by atoms with E-state index >= 15 is 0 Å². The highest BCUT2D eigenvalue weighted by Crippen LogP contribution is 2.42. The van der Waals surface area contributed by atoms with Crippen molar-refractivity contribution in [3.63, 3.8) is 0 Å². The summed E-state index contributed by atoms with van der Waals surface area (Å²) in [5.74, 6) is -10.2. The van der Waals surface area contributed by atoms with Crippen molar-refractivity contribution >= 4 is 18.1 Å². The maximum absolute atomic E-state index is 14.7. The highest BCUT2D eigenvalue weighted by molar-refractivity contribution is 5.90. The first-order valence-electron chi connectivity index (χ1n) is 8.96. The molecule has 12 nitrogen and oxygen atoms in total. The van der Waals surface area contributed by atoms with Crippen LogP contribution in [0.1, 0.15) is 20.3 Å². The number of hydrogen-bond donors (Lipinski definition) is 8. The summed E-state index contributed by atoms with van der Waals surface area (Å²) in [4.78, 5) is 34.4. The molecule has 14 heteroatoms. The smallest absolute Gasteiger partial charge is 0.305 e. The van der Waals surface area contributed by atoms with Crippen molar-refractivity contribution in [2.75, 3.05) is 6.61 Å². The van der Waals surface area contributed by atoms with E-state index in [2.05, 4.69) is 15.4 Å². The molecule has 0 aromatic heterocycles. The van der Waals surface area contributed by atoms with Crippen LogP contribution in [0.15, 0.2) is 0 Å². The molecule has 1 unspecified atom stereocenters. The maximum atomic E-state index is 14.7. The minimum Gasteiger partial charge on any atom is -0.394 e. The van der Waals surface area contributed by atoms with Crippen LogP contribution in [-0.2, 0) is 19.1 Å². The second-order valence-electron chi connectivity index (χ2n) is 7.14. The number of carbonyl (C=O) groups is 3. The Kier molecular flexibility index (Phi) is 8.74. The number of amides is 2. The summed E-state index contributed by atoms with van der Waals surface area (Å²) in [7, 11) is 0. The minimum atomic E-state index is -4.44. The maximum Gasteiger partial charge on any atom is 0.305 e. The lowest BCUT2D eigenvalue weighted by molar-refractivity contribution is -0.412. The zero-order chi connectivity index (χ0) is 23.4. The van der Waals surface area contributed by atoms with Gasteiger partial charge in [-0.25, -0.2) is 8.78 Å². The van der Waals surface area contributed by atoms with E-state index in [1.54, 1.807) is 0 Å². The molecule has 0 saturated carbocycles. The molecular weight excluding hydrogens is 416 g/mol. The molecule has 1 aliphatic rings. The third kappa shape index (κ3) is 5.46. The van der Waals surface area contributed by atoms with Gasteiger partial charge in [-0.15, -0.1) is 0 Å². The normalized spacial score (nSPS) is 32.6. The van der Waals surface area contributed by atoms with Crippen LogP contribution in [0.4, 0.5) is 8.78 Å². The Labute approximate surface area is 170 Å². The Balaban J connectivity index is 2.87. The van der Waals surface area contributed by atoms with E-state index in [-0.39, 0.29) is 0 Å². The van der Waals surface area contributed by atoms with Gasteiger partial charge in [0, 0.05) is 6.42 Å². The van der Waals surface area contributed by atoms with Gasteiger partial charge in [-0.2, -0.15) is 0 Å². The molecule has 1 rings (SSSR count). The second kappa shape index (κ2) is 10.00. The average molecular weight is 443 g/mol. The molecule has 1 heterocycles. The molecule has 0 radical (unpaired) electrons. The highest BCUT2D eigenvalue weighted by atomic mass is 19.3. The van der Waals surface area contributed by atoms with Crippen molar-refractivity contribution in [1.29, 1.82) is 0 Å². The zero-order valence-corrected chi connectivity index (χ0v) is 16.2. The standard InChI is InChI=1S/C16H27F2N3O9/c1-6(4-22)20-13(27)7(2)21-14(28)8(19)3-15(17,18)16(29)12(26)11(25)10(24)9(5-23)30-16/h4,6-12,23-26,29H,3,5,19H2,1-2H3,(H,20,27)(H,21,28)/t6-,7-,8?,9+,10-,11-,12+,16+/m0/s1. The van der Waals surface area contributed by atoms with Gasteiger partial charge in [0.15, 0.2) is 0 Å². The predicted molar refractivity (Wildman–Crippen MR) is 93.7 cm³/mol. The molecule has 0 bridgehead atoms. The van der Waals surface area contributed by atoms with Crippen molar-refractivity contribution in [3.05, 3.63) is 0 Å². The number of rotatable bonds is 9. The average Bonchev–Trinajstić information content (AvgIpc) is 2.68. The molecule has 0 aromatic rings. The molecule has 1 saturated heterocycles. The summed E-state index contributed by atoms with van der Waals surface area (Å²) in [5, 5.41) is 52.7. The van der Waals surface area contributed by atoms with E-state index in [1.807, 2.05) is 0 Å². The monoisotopic (exact) mass is 443 g/mol. The molecule has 0 aromatic carbocycles. The minimum absolute atomic E-state index is 0.430. The van der Waals surface area contributed by atoms with Crippen LogP contribution in [0, 0.1) is 0 Å². The molecule has 0 aliphatic carbocycles.